The zero-order valence-corrected chi connectivity index (χ0v) is 30.9. The normalized spacial score (nSPS) is 15.8. The van der Waals surface area contributed by atoms with Gasteiger partial charge in [-0.2, -0.15) is 0 Å². The molecule has 3 N–H and O–H groups in total. The summed E-state index contributed by atoms with van der Waals surface area (Å²) in [5.74, 6) is -0.322. The number of hydrogen-bond donors (Lipinski definition) is 3. The molecule has 3 unspecified atom stereocenters. The number of nitrogens with zero attached hydrogens (tertiary/aromatic N) is 1. The Morgan fingerprint density at radius 1 is 0.745 bits per heavy atom. The molecule has 1 amide bonds. The minimum atomic E-state index is -4.36. The van der Waals surface area contributed by atoms with Crippen LogP contribution in [-0.4, -0.2) is 73.4 Å². The maximum atomic E-state index is 12.7. The van der Waals surface area contributed by atoms with E-state index in [4.69, 9.17) is 9.05 Å². The van der Waals surface area contributed by atoms with E-state index in [2.05, 4.69) is 73.8 Å². The average Bonchev–Trinajstić information content (AvgIpc) is 3.01. The summed E-state index contributed by atoms with van der Waals surface area (Å²) in [5, 5.41) is 13.6. The van der Waals surface area contributed by atoms with Crippen LogP contribution in [0.5, 0.6) is 0 Å². The van der Waals surface area contributed by atoms with Gasteiger partial charge in [0.25, 0.3) is 0 Å². The summed E-state index contributed by atoms with van der Waals surface area (Å²) in [4.78, 5) is 22.8. The summed E-state index contributed by atoms with van der Waals surface area (Å²) in [5.41, 5.74) is 0. The lowest BCUT2D eigenvalue weighted by Gasteiger charge is -2.25. The quantitative estimate of drug-likeness (QED) is 0.0317. The highest BCUT2D eigenvalue weighted by atomic mass is 31.2. The summed E-state index contributed by atoms with van der Waals surface area (Å²) >= 11 is 0. The molecule has 0 saturated carbocycles. The molecule has 0 aromatic heterocycles. The van der Waals surface area contributed by atoms with E-state index in [0.29, 0.717) is 17.4 Å². The Bertz CT molecular complexity index is 1040. The molecule has 0 aromatic carbocycles. The topological polar surface area (TPSA) is 105 Å². The monoisotopic (exact) mass is 677 g/mol. The third-order valence-corrected chi connectivity index (χ3v) is 7.86. The first-order valence-corrected chi connectivity index (χ1v) is 19.0. The predicted molar refractivity (Wildman–Crippen MR) is 198 cm³/mol. The van der Waals surface area contributed by atoms with Crippen molar-refractivity contribution < 1.29 is 32.9 Å². The fourth-order valence-corrected chi connectivity index (χ4v) is 4.80. The first-order valence-electron chi connectivity index (χ1n) is 17.5. The van der Waals surface area contributed by atoms with Crippen LogP contribution in [0.3, 0.4) is 0 Å². The van der Waals surface area contributed by atoms with Crippen molar-refractivity contribution in [3.8, 4) is 0 Å². The zero-order chi connectivity index (χ0) is 35.1. The second-order valence-corrected chi connectivity index (χ2v) is 14.0. The van der Waals surface area contributed by atoms with Crippen molar-refractivity contribution in [2.45, 2.75) is 109 Å². The molecule has 0 rings (SSSR count). The molecular weight excluding hydrogens is 611 g/mol. The van der Waals surface area contributed by atoms with E-state index in [0.717, 1.165) is 44.9 Å². The van der Waals surface area contributed by atoms with Crippen LogP contribution in [-0.2, 0) is 18.4 Å². The number of nitrogens with one attached hydrogen (secondary N) is 1. The standard InChI is InChI=1S/C38H65N2O6P/c1-6-8-10-12-14-16-18-19-20-21-22-24-26-28-30-32-38(42)39-36(35-46-47(43,44)45-34-33-40(3,4)5)37(41)31-29-27-25-23-17-15-13-11-9-7-2/h8,10,14,16-17,19-20,22-24,28-31,36-37,41H,6-7,9,11-13,15,18,21,25-27,32-35H2,1-5H3,(H-,39,42,43,44)/p+1/b10-8-,16-14-,20-19-,23-17+,24-22-,30-28-,31-29+. The number of carbonyl (C=O) groups excluding carboxylic acids is 1. The number of phosphoric ester groups is 1. The minimum Gasteiger partial charge on any atom is -0.387 e. The van der Waals surface area contributed by atoms with E-state index in [1.54, 1.807) is 12.2 Å². The van der Waals surface area contributed by atoms with Crippen molar-refractivity contribution in [2.24, 2.45) is 0 Å². The van der Waals surface area contributed by atoms with E-state index in [1.165, 1.54) is 25.7 Å². The van der Waals surface area contributed by atoms with E-state index in [1.807, 2.05) is 39.4 Å². The van der Waals surface area contributed by atoms with Crippen LogP contribution >= 0.6 is 7.82 Å². The van der Waals surface area contributed by atoms with Gasteiger partial charge in [-0.15, -0.1) is 0 Å². The van der Waals surface area contributed by atoms with Crippen LogP contribution in [0.4, 0.5) is 0 Å². The van der Waals surface area contributed by atoms with Crippen LogP contribution < -0.4 is 5.32 Å². The second-order valence-electron chi connectivity index (χ2n) is 12.5. The number of carbonyl (C=O) groups is 1. The first kappa shape index (κ1) is 44.7. The molecule has 0 aromatic rings. The van der Waals surface area contributed by atoms with E-state index in [-0.39, 0.29) is 25.5 Å². The van der Waals surface area contributed by atoms with E-state index < -0.39 is 20.0 Å². The Balaban J connectivity index is 4.81. The van der Waals surface area contributed by atoms with Crippen LogP contribution in [0.2, 0.25) is 0 Å². The number of aliphatic hydroxyl groups excluding tert-OH is 1. The summed E-state index contributed by atoms with van der Waals surface area (Å²) in [6.45, 7) is 4.51. The molecule has 0 aliphatic heterocycles. The van der Waals surface area contributed by atoms with Gasteiger partial charge in [-0.1, -0.05) is 118 Å². The number of allylic oxidation sites excluding steroid dienone is 12. The highest BCUT2D eigenvalue weighted by Crippen LogP contribution is 2.43. The Morgan fingerprint density at radius 3 is 1.87 bits per heavy atom. The minimum absolute atomic E-state index is 0.0347. The average molecular weight is 678 g/mol. The molecule has 268 valence electrons. The number of unbranched alkanes of at least 4 members (excludes halogenated alkanes) is 5. The number of hydrogen-bond acceptors (Lipinski definition) is 5. The molecule has 9 heteroatoms. The van der Waals surface area contributed by atoms with Crippen molar-refractivity contribution in [1.82, 2.24) is 5.32 Å². The Labute approximate surface area is 286 Å². The molecule has 0 heterocycles. The van der Waals surface area contributed by atoms with E-state index >= 15 is 0 Å². The first-order chi connectivity index (χ1) is 22.5. The van der Waals surface area contributed by atoms with Crippen LogP contribution in [0.15, 0.2) is 85.1 Å². The van der Waals surface area contributed by atoms with Crippen molar-refractivity contribution in [2.75, 3.05) is 40.9 Å². The van der Waals surface area contributed by atoms with Crippen LogP contribution in [0.25, 0.3) is 0 Å². The Hall–Kier alpha value is -2.32. The maximum absolute atomic E-state index is 12.7. The highest BCUT2D eigenvalue weighted by molar-refractivity contribution is 7.47. The smallest absolute Gasteiger partial charge is 0.387 e. The molecule has 0 aliphatic carbocycles. The van der Waals surface area contributed by atoms with Gasteiger partial charge in [0, 0.05) is 6.42 Å². The van der Waals surface area contributed by atoms with Crippen LogP contribution in [0, 0.1) is 0 Å². The number of phosphoric acid groups is 1. The van der Waals surface area contributed by atoms with Gasteiger partial charge in [-0.05, 0) is 57.8 Å². The summed E-state index contributed by atoms with van der Waals surface area (Å²) in [7, 11) is 1.48. The third kappa shape index (κ3) is 32.0. The Morgan fingerprint density at radius 2 is 1.30 bits per heavy atom. The van der Waals surface area contributed by atoms with Crippen molar-refractivity contribution in [3.63, 3.8) is 0 Å². The molecule has 0 bridgehead atoms. The number of likely N-dealkylation sites (N-methyl/N-ethyl adjacent to an activating group) is 1. The van der Waals surface area contributed by atoms with Crippen molar-refractivity contribution in [3.05, 3.63) is 85.1 Å². The highest BCUT2D eigenvalue weighted by Gasteiger charge is 2.27. The fraction of sp³-hybridized carbons (Fsp3) is 0.605. The van der Waals surface area contributed by atoms with Gasteiger partial charge in [0.1, 0.15) is 13.2 Å². The van der Waals surface area contributed by atoms with Gasteiger partial charge in [0.2, 0.25) is 5.91 Å². The molecule has 0 spiro atoms. The number of aliphatic hydroxyl groups is 1. The lowest BCUT2D eigenvalue weighted by Crippen LogP contribution is -2.45. The van der Waals surface area contributed by atoms with Gasteiger partial charge < -0.3 is 19.8 Å². The van der Waals surface area contributed by atoms with Crippen molar-refractivity contribution in [1.29, 1.82) is 0 Å². The molecule has 0 saturated heterocycles. The van der Waals surface area contributed by atoms with Gasteiger partial charge in [-0.25, -0.2) is 4.57 Å². The zero-order valence-electron chi connectivity index (χ0n) is 30.0. The summed E-state index contributed by atoms with van der Waals surface area (Å²) < 4.78 is 23.3. The van der Waals surface area contributed by atoms with Gasteiger partial charge in [0.15, 0.2) is 0 Å². The Kier molecular flexibility index (Phi) is 28.3. The number of quaternary nitrogens is 1. The maximum Gasteiger partial charge on any atom is 0.472 e. The van der Waals surface area contributed by atoms with Crippen LogP contribution in [0.1, 0.15) is 97.3 Å². The van der Waals surface area contributed by atoms with Gasteiger partial charge >= 0.3 is 7.82 Å². The van der Waals surface area contributed by atoms with Crippen molar-refractivity contribution >= 4 is 13.7 Å². The van der Waals surface area contributed by atoms with Gasteiger partial charge in [0.05, 0.1) is 39.9 Å². The third-order valence-electron chi connectivity index (χ3n) is 6.88. The molecule has 0 fully saturated rings. The lowest BCUT2D eigenvalue weighted by atomic mass is 10.1. The fourth-order valence-electron chi connectivity index (χ4n) is 4.06. The SMILES string of the molecule is CC/C=C\C/C=C\C/C=C\C/C=C\C/C=C\CC(=O)NC(COP(=O)(O)OCC[N+](C)(C)C)C(O)/C=C/CC/C=C/CCCCCC. The summed E-state index contributed by atoms with van der Waals surface area (Å²) in [6, 6.07) is -0.918. The summed E-state index contributed by atoms with van der Waals surface area (Å²) in [6.07, 6.45) is 39.7. The molecule has 8 nitrogen and oxygen atoms in total. The number of rotatable bonds is 29. The predicted octanol–water partition coefficient (Wildman–Crippen LogP) is 8.68. The second kappa shape index (κ2) is 29.8. The van der Waals surface area contributed by atoms with E-state index in [9.17, 15) is 19.4 Å². The lowest BCUT2D eigenvalue weighted by molar-refractivity contribution is -0.870. The molecule has 3 atom stereocenters. The molecular formula is C38H66N2O6P+. The molecule has 0 radical (unpaired) electrons. The molecule has 47 heavy (non-hydrogen) atoms. The molecule has 0 aliphatic rings. The van der Waals surface area contributed by atoms with Gasteiger partial charge in [-0.3, -0.25) is 13.8 Å². The largest absolute Gasteiger partial charge is 0.472 e. The number of amides is 1.